The van der Waals surface area contributed by atoms with Crippen molar-refractivity contribution in [1.29, 1.82) is 0 Å². The van der Waals surface area contributed by atoms with Gasteiger partial charge < -0.3 is 19.5 Å². The van der Waals surface area contributed by atoms with Crippen molar-refractivity contribution in [2.75, 3.05) is 27.9 Å². The van der Waals surface area contributed by atoms with Gasteiger partial charge in [-0.2, -0.15) is 0 Å². The molecule has 0 aromatic heterocycles. The fourth-order valence-corrected chi connectivity index (χ4v) is 2.35. The van der Waals surface area contributed by atoms with Gasteiger partial charge in [0.15, 0.2) is 11.5 Å². The van der Waals surface area contributed by atoms with Gasteiger partial charge in [0.1, 0.15) is 0 Å². The highest BCUT2D eigenvalue weighted by atomic mass is 16.5. The Kier molecular flexibility index (Phi) is 9.16. The maximum Gasteiger partial charge on any atom is 0.251 e. The lowest BCUT2D eigenvalue weighted by Gasteiger charge is -2.14. The number of nitrogens with two attached hydrogens (primary N) is 1. The van der Waals surface area contributed by atoms with Crippen molar-refractivity contribution >= 4 is 11.8 Å². The van der Waals surface area contributed by atoms with Crippen LogP contribution in [0.3, 0.4) is 0 Å². The summed E-state index contributed by atoms with van der Waals surface area (Å²) in [4.78, 5) is 23.2. The van der Waals surface area contributed by atoms with Gasteiger partial charge in [-0.3, -0.25) is 15.0 Å². The van der Waals surface area contributed by atoms with Crippen molar-refractivity contribution in [3.8, 4) is 17.2 Å². The second-order valence-electron chi connectivity index (χ2n) is 5.40. The number of hydrogen-bond acceptors (Lipinski definition) is 6. The first-order valence-corrected chi connectivity index (χ1v) is 8.15. The molecule has 25 heavy (non-hydrogen) atoms. The van der Waals surface area contributed by atoms with E-state index in [4.69, 9.17) is 20.1 Å². The summed E-state index contributed by atoms with van der Waals surface area (Å²) in [5.41, 5.74) is 2.54. The minimum Gasteiger partial charge on any atom is -0.493 e. The zero-order chi connectivity index (χ0) is 18.7. The molecule has 8 nitrogen and oxygen atoms in total. The summed E-state index contributed by atoms with van der Waals surface area (Å²) in [6.45, 7) is 0.554. The Bertz CT molecular complexity index is 552. The number of benzene rings is 1. The molecule has 0 fully saturated rings. The van der Waals surface area contributed by atoms with E-state index in [2.05, 4.69) is 10.7 Å². The Morgan fingerprint density at radius 1 is 0.960 bits per heavy atom. The summed E-state index contributed by atoms with van der Waals surface area (Å²) in [6.07, 6.45) is 3.87. The number of nitrogens with one attached hydrogen (secondary N) is 2. The molecule has 0 saturated heterocycles. The van der Waals surface area contributed by atoms with Gasteiger partial charge in [-0.15, -0.1) is 0 Å². The fraction of sp³-hybridized carbons (Fsp3) is 0.529. The molecule has 1 rings (SSSR count). The predicted octanol–water partition coefficient (Wildman–Crippen LogP) is 1.38. The summed E-state index contributed by atoms with van der Waals surface area (Å²) in [5, 5.41) is 2.86. The van der Waals surface area contributed by atoms with Crippen LogP contribution in [0.25, 0.3) is 0 Å². The molecule has 1 aromatic rings. The third-order valence-electron chi connectivity index (χ3n) is 3.70. The van der Waals surface area contributed by atoms with Crippen LogP contribution in [0, 0.1) is 0 Å². The molecular formula is C17H27N3O5. The van der Waals surface area contributed by atoms with E-state index in [1.165, 1.54) is 21.3 Å². The molecule has 0 aliphatic heterocycles. The summed E-state index contributed by atoms with van der Waals surface area (Å²) in [6, 6.07) is 3.23. The molecule has 1 aromatic carbocycles. The van der Waals surface area contributed by atoms with Crippen molar-refractivity contribution in [2.24, 2.45) is 5.84 Å². The molecule has 0 spiro atoms. The van der Waals surface area contributed by atoms with Crippen LogP contribution in [0.15, 0.2) is 12.1 Å². The zero-order valence-corrected chi connectivity index (χ0v) is 15.0. The molecule has 0 unspecified atom stereocenters. The summed E-state index contributed by atoms with van der Waals surface area (Å²) < 4.78 is 15.7. The zero-order valence-electron chi connectivity index (χ0n) is 15.0. The van der Waals surface area contributed by atoms with E-state index in [0.29, 0.717) is 35.8 Å². The van der Waals surface area contributed by atoms with Gasteiger partial charge in [-0.25, -0.2) is 5.84 Å². The van der Waals surface area contributed by atoms with Crippen molar-refractivity contribution < 1.29 is 23.8 Å². The number of hydrogen-bond donors (Lipinski definition) is 3. The largest absolute Gasteiger partial charge is 0.493 e. The topological polar surface area (TPSA) is 112 Å². The van der Waals surface area contributed by atoms with E-state index in [1.807, 2.05) is 0 Å². The first-order valence-electron chi connectivity index (χ1n) is 8.15. The molecule has 0 heterocycles. The average molecular weight is 353 g/mol. The molecule has 4 N–H and O–H groups in total. The van der Waals surface area contributed by atoms with Crippen molar-refractivity contribution in [1.82, 2.24) is 10.7 Å². The number of ether oxygens (including phenoxy) is 3. The Hall–Kier alpha value is -2.48. The van der Waals surface area contributed by atoms with Crippen LogP contribution < -0.4 is 30.8 Å². The lowest BCUT2D eigenvalue weighted by atomic mass is 10.1. The maximum atomic E-state index is 12.3. The van der Waals surface area contributed by atoms with Crippen molar-refractivity contribution in [3.05, 3.63) is 17.7 Å². The average Bonchev–Trinajstić information content (AvgIpc) is 2.65. The van der Waals surface area contributed by atoms with Gasteiger partial charge in [-0.05, 0) is 25.0 Å². The number of carbonyl (C=O) groups is 2. The van der Waals surface area contributed by atoms with Crippen LogP contribution in [0.2, 0.25) is 0 Å². The van der Waals surface area contributed by atoms with Gasteiger partial charge in [-0.1, -0.05) is 12.8 Å². The molecule has 8 heteroatoms. The van der Waals surface area contributed by atoms with Crippen LogP contribution in [0.5, 0.6) is 17.2 Å². The normalized spacial score (nSPS) is 10.1. The van der Waals surface area contributed by atoms with Crippen molar-refractivity contribution in [3.63, 3.8) is 0 Å². The minimum atomic E-state index is -0.207. The molecular weight excluding hydrogens is 326 g/mol. The highest BCUT2D eigenvalue weighted by molar-refractivity contribution is 5.95. The lowest BCUT2D eigenvalue weighted by Crippen LogP contribution is -2.29. The van der Waals surface area contributed by atoms with Gasteiger partial charge in [0.2, 0.25) is 11.7 Å². The molecule has 0 bridgehead atoms. The van der Waals surface area contributed by atoms with Crippen LogP contribution in [-0.4, -0.2) is 39.7 Å². The molecule has 140 valence electrons. The Labute approximate surface area is 148 Å². The summed E-state index contributed by atoms with van der Waals surface area (Å²) >= 11 is 0. The maximum absolute atomic E-state index is 12.3. The number of hydrazine groups is 1. The van der Waals surface area contributed by atoms with Crippen LogP contribution in [0.1, 0.15) is 42.5 Å². The third-order valence-corrected chi connectivity index (χ3v) is 3.70. The van der Waals surface area contributed by atoms with E-state index in [9.17, 15) is 9.59 Å². The fourth-order valence-electron chi connectivity index (χ4n) is 2.35. The van der Waals surface area contributed by atoms with E-state index in [0.717, 1.165) is 25.7 Å². The molecule has 2 amide bonds. The van der Waals surface area contributed by atoms with Gasteiger partial charge >= 0.3 is 0 Å². The van der Waals surface area contributed by atoms with Gasteiger partial charge in [0.05, 0.1) is 21.3 Å². The van der Waals surface area contributed by atoms with Crippen molar-refractivity contribution in [2.45, 2.75) is 32.1 Å². The molecule has 0 radical (unpaired) electrons. The van der Waals surface area contributed by atoms with E-state index >= 15 is 0 Å². The first-order chi connectivity index (χ1) is 12.1. The van der Waals surface area contributed by atoms with E-state index in [-0.39, 0.29) is 11.8 Å². The van der Waals surface area contributed by atoms with Gasteiger partial charge in [0, 0.05) is 18.5 Å². The first kappa shape index (κ1) is 20.6. The second kappa shape index (κ2) is 11.1. The SMILES string of the molecule is COc1cc(C(=O)NCCCCCCC(=O)NN)cc(OC)c1OC. The van der Waals surface area contributed by atoms with E-state index in [1.54, 1.807) is 12.1 Å². The predicted molar refractivity (Wildman–Crippen MR) is 93.8 cm³/mol. The third kappa shape index (κ3) is 6.50. The Morgan fingerprint density at radius 2 is 1.56 bits per heavy atom. The quantitative estimate of drug-likeness (QED) is 0.240. The Morgan fingerprint density at radius 3 is 2.08 bits per heavy atom. The molecule has 0 aliphatic carbocycles. The highest BCUT2D eigenvalue weighted by Crippen LogP contribution is 2.38. The van der Waals surface area contributed by atoms with Crippen LogP contribution >= 0.6 is 0 Å². The summed E-state index contributed by atoms with van der Waals surface area (Å²) in [5.74, 6) is 5.96. The number of carbonyl (C=O) groups excluding carboxylic acids is 2. The minimum absolute atomic E-state index is 0.157. The lowest BCUT2D eigenvalue weighted by molar-refractivity contribution is -0.121. The molecule has 0 atom stereocenters. The van der Waals surface area contributed by atoms with E-state index < -0.39 is 0 Å². The highest BCUT2D eigenvalue weighted by Gasteiger charge is 2.16. The monoisotopic (exact) mass is 353 g/mol. The number of rotatable bonds is 11. The number of unbranched alkanes of at least 4 members (excludes halogenated alkanes) is 3. The molecule has 0 saturated carbocycles. The summed E-state index contributed by atoms with van der Waals surface area (Å²) in [7, 11) is 4.52. The van der Waals surface area contributed by atoms with Crippen LogP contribution in [-0.2, 0) is 4.79 Å². The number of amides is 2. The molecule has 0 aliphatic rings. The van der Waals surface area contributed by atoms with Gasteiger partial charge in [0.25, 0.3) is 5.91 Å². The standard InChI is InChI=1S/C17H27N3O5/c1-23-13-10-12(11-14(24-2)16(13)25-3)17(22)19-9-7-5-4-6-8-15(21)20-18/h10-11H,4-9,18H2,1-3H3,(H,19,22)(H,20,21). The smallest absolute Gasteiger partial charge is 0.251 e. The second-order valence-corrected chi connectivity index (χ2v) is 5.40. The van der Waals surface area contributed by atoms with Crippen LogP contribution in [0.4, 0.5) is 0 Å². The Balaban J connectivity index is 2.46. The number of methoxy groups -OCH3 is 3.